The monoisotopic (exact) mass is 401 g/mol. The number of H-pyrrole nitrogens is 1. The van der Waals surface area contributed by atoms with Crippen LogP contribution in [0.15, 0.2) is 79.4 Å². The summed E-state index contributed by atoms with van der Waals surface area (Å²) in [7, 11) is 0. The number of nitrogens with one attached hydrogen (secondary N) is 1. The van der Waals surface area contributed by atoms with E-state index in [4.69, 9.17) is 0 Å². The van der Waals surface area contributed by atoms with Crippen LogP contribution < -0.4 is 0 Å². The van der Waals surface area contributed by atoms with E-state index in [1.54, 1.807) is 30.9 Å². The van der Waals surface area contributed by atoms with E-state index in [0.717, 1.165) is 26.1 Å². The molecule has 2 N–H and O–H groups in total. The van der Waals surface area contributed by atoms with Gasteiger partial charge in [0.25, 0.3) is 0 Å². The predicted octanol–water partition coefficient (Wildman–Crippen LogP) is 5.57. The third-order valence-corrected chi connectivity index (χ3v) is 6.10. The van der Waals surface area contributed by atoms with E-state index in [1.165, 1.54) is 17.4 Å². The Hall–Kier alpha value is -3.35. The molecular weight excluding hydrogens is 385 g/mol. The highest BCUT2D eigenvalue weighted by Gasteiger charge is 2.24. The molecule has 2 aromatic carbocycles. The first-order chi connectivity index (χ1) is 14.2. The molecule has 0 aliphatic carbocycles. The van der Waals surface area contributed by atoms with Gasteiger partial charge in [0.1, 0.15) is 17.7 Å². The van der Waals surface area contributed by atoms with Gasteiger partial charge in [0, 0.05) is 40.8 Å². The first kappa shape index (κ1) is 17.7. The predicted molar refractivity (Wildman–Crippen MR) is 113 cm³/mol. The number of hydrogen-bond donors (Lipinski definition) is 2. The summed E-state index contributed by atoms with van der Waals surface area (Å²) in [5, 5.41) is 12.9. The minimum atomic E-state index is -1.12. The number of aliphatic hydroxyl groups excluding tert-OH is 1. The van der Waals surface area contributed by atoms with Gasteiger partial charge in [0.15, 0.2) is 0 Å². The molecule has 4 nitrogen and oxygen atoms in total. The zero-order valence-corrected chi connectivity index (χ0v) is 16.0. The van der Waals surface area contributed by atoms with E-state index in [9.17, 15) is 9.50 Å². The van der Waals surface area contributed by atoms with Crippen LogP contribution in [-0.2, 0) is 0 Å². The lowest BCUT2D eigenvalue weighted by Gasteiger charge is -2.14. The summed E-state index contributed by atoms with van der Waals surface area (Å²) >= 11 is 1.50. The Labute approximate surface area is 170 Å². The molecule has 0 bridgehead atoms. The molecule has 5 rings (SSSR count). The summed E-state index contributed by atoms with van der Waals surface area (Å²) in [5.41, 5.74) is 1.84. The fourth-order valence-electron chi connectivity index (χ4n) is 3.45. The zero-order valence-electron chi connectivity index (χ0n) is 15.2. The van der Waals surface area contributed by atoms with Gasteiger partial charge in [-0.25, -0.2) is 9.37 Å². The molecule has 142 valence electrons. The van der Waals surface area contributed by atoms with E-state index in [-0.39, 0.29) is 5.56 Å². The lowest BCUT2D eigenvalue weighted by molar-refractivity contribution is 0.216. The summed E-state index contributed by atoms with van der Waals surface area (Å²) < 4.78 is 14.9. The Balaban J connectivity index is 1.67. The lowest BCUT2D eigenvalue weighted by Crippen LogP contribution is -2.03. The number of hydrogen-bond acceptors (Lipinski definition) is 4. The highest BCUT2D eigenvalue weighted by molar-refractivity contribution is 7.19. The Bertz CT molecular complexity index is 1280. The van der Waals surface area contributed by atoms with Gasteiger partial charge >= 0.3 is 0 Å². The maximum Gasteiger partial charge on any atom is 0.147 e. The molecule has 1 atom stereocenters. The Morgan fingerprint density at radius 2 is 1.69 bits per heavy atom. The van der Waals surface area contributed by atoms with E-state index in [0.29, 0.717) is 11.4 Å². The molecule has 0 saturated heterocycles. The van der Waals surface area contributed by atoms with E-state index in [2.05, 4.69) is 15.0 Å². The number of imidazole rings is 1. The highest BCUT2D eigenvalue weighted by Crippen LogP contribution is 2.42. The molecule has 3 aromatic heterocycles. The number of fused-ring (bicyclic) bond motifs is 1. The van der Waals surface area contributed by atoms with Gasteiger partial charge in [0.05, 0.1) is 4.88 Å². The van der Waals surface area contributed by atoms with Crippen molar-refractivity contribution in [2.45, 2.75) is 6.10 Å². The minimum Gasteiger partial charge on any atom is -0.383 e. The molecule has 6 heteroatoms. The van der Waals surface area contributed by atoms with Crippen LogP contribution in [0.1, 0.15) is 17.2 Å². The van der Waals surface area contributed by atoms with Crippen molar-refractivity contribution < 1.29 is 9.50 Å². The van der Waals surface area contributed by atoms with Gasteiger partial charge in [-0.1, -0.05) is 24.3 Å². The smallest absolute Gasteiger partial charge is 0.147 e. The summed E-state index contributed by atoms with van der Waals surface area (Å²) in [4.78, 5) is 13.2. The molecule has 29 heavy (non-hydrogen) atoms. The maximum absolute atomic E-state index is 14.9. The summed E-state index contributed by atoms with van der Waals surface area (Å²) in [6, 6.07) is 16.4. The number of aliphatic hydroxyl groups is 1. The molecule has 0 aliphatic heterocycles. The second-order valence-electron chi connectivity index (χ2n) is 6.69. The first-order valence-corrected chi connectivity index (χ1v) is 9.92. The maximum atomic E-state index is 14.9. The third kappa shape index (κ3) is 3.22. The number of nitrogens with zero attached hydrogens (tertiary/aromatic N) is 2. The van der Waals surface area contributed by atoms with Crippen LogP contribution in [0.4, 0.5) is 4.39 Å². The van der Waals surface area contributed by atoms with Crippen LogP contribution in [0.5, 0.6) is 0 Å². The van der Waals surface area contributed by atoms with Gasteiger partial charge in [-0.05, 0) is 46.7 Å². The van der Waals surface area contributed by atoms with E-state index >= 15 is 0 Å². The normalized spacial score (nSPS) is 12.3. The summed E-state index contributed by atoms with van der Waals surface area (Å²) in [6.45, 7) is 0. The largest absolute Gasteiger partial charge is 0.383 e. The molecule has 0 saturated carbocycles. The molecule has 0 fully saturated rings. The van der Waals surface area contributed by atoms with Crippen molar-refractivity contribution in [1.29, 1.82) is 0 Å². The fourth-order valence-corrected chi connectivity index (χ4v) is 4.60. The van der Waals surface area contributed by atoms with Gasteiger partial charge in [-0.2, -0.15) is 0 Å². The number of benzene rings is 2. The van der Waals surface area contributed by atoms with Gasteiger partial charge in [-0.3, -0.25) is 4.98 Å². The number of aromatic amines is 1. The standard InChI is InChI=1S/C23H16FN3OS/c24-19-12-16-4-2-1-3-15(16)11-17(19)21(28)18-13-20(14-5-7-25-8-6-14)29-22(18)23-26-9-10-27-23/h1-13,21,28H,(H,26,27). The number of halogens is 1. The van der Waals surface area contributed by atoms with Crippen molar-refractivity contribution in [3.05, 3.63) is 96.3 Å². The Morgan fingerprint density at radius 3 is 2.41 bits per heavy atom. The average molecular weight is 401 g/mol. The fraction of sp³-hybridized carbons (Fsp3) is 0.0435. The van der Waals surface area contributed by atoms with Crippen LogP contribution >= 0.6 is 11.3 Å². The Morgan fingerprint density at radius 1 is 0.931 bits per heavy atom. The topological polar surface area (TPSA) is 61.8 Å². The summed E-state index contributed by atoms with van der Waals surface area (Å²) in [5.74, 6) is 0.212. The molecule has 3 heterocycles. The van der Waals surface area contributed by atoms with Crippen LogP contribution in [-0.4, -0.2) is 20.1 Å². The lowest BCUT2D eigenvalue weighted by atomic mass is 9.97. The second-order valence-corrected chi connectivity index (χ2v) is 7.74. The van der Waals surface area contributed by atoms with Crippen LogP contribution in [0.25, 0.3) is 31.9 Å². The molecule has 0 aliphatic rings. The third-order valence-electron chi connectivity index (χ3n) is 4.89. The molecule has 0 spiro atoms. The number of thiophene rings is 1. The van der Waals surface area contributed by atoms with Crippen molar-refractivity contribution in [3.8, 4) is 21.1 Å². The van der Waals surface area contributed by atoms with Crippen molar-refractivity contribution in [3.63, 3.8) is 0 Å². The van der Waals surface area contributed by atoms with Crippen molar-refractivity contribution in [2.24, 2.45) is 0 Å². The van der Waals surface area contributed by atoms with Gasteiger partial charge < -0.3 is 10.1 Å². The molecule has 0 amide bonds. The van der Waals surface area contributed by atoms with Crippen molar-refractivity contribution >= 4 is 22.1 Å². The number of aromatic nitrogens is 3. The molecule has 0 radical (unpaired) electrons. The second kappa shape index (κ2) is 7.24. The first-order valence-electron chi connectivity index (χ1n) is 9.11. The number of rotatable bonds is 4. The van der Waals surface area contributed by atoms with Crippen LogP contribution in [0.3, 0.4) is 0 Å². The SMILES string of the molecule is OC(c1cc2ccccc2cc1F)c1cc(-c2ccncc2)sc1-c1ncc[nH]1. The van der Waals surface area contributed by atoms with Crippen molar-refractivity contribution in [1.82, 2.24) is 15.0 Å². The number of pyridine rings is 1. The highest BCUT2D eigenvalue weighted by atomic mass is 32.1. The quantitative estimate of drug-likeness (QED) is 0.414. The molecular formula is C23H16FN3OS. The Kier molecular flexibility index (Phi) is 4.42. The minimum absolute atomic E-state index is 0.246. The van der Waals surface area contributed by atoms with Crippen LogP contribution in [0, 0.1) is 5.82 Å². The van der Waals surface area contributed by atoms with Gasteiger partial charge in [0.2, 0.25) is 0 Å². The zero-order chi connectivity index (χ0) is 19.8. The van der Waals surface area contributed by atoms with E-state index < -0.39 is 11.9 Å². The van der Waals surface area contributed by atoms with Crippen LogP contribution in [0.2, 0.25) is 0 Å². The molecule has 5 aromatic rings. The average Bonchev–Trinajstić information content (AvgIpc) is 3.43. The summed E-state index contributed by atoms with van der Waals surface area (Å²) in [6.07, 6.45) is 5.72. The molecule has 1 unspecified atom stereocenters. The van der Waals surface area contributed by atoms with E-state index in [1.807, 2.05) is 42.5 Å². The van der Waals surface area contributed by atoms with Gasteiger partial charge in [-0.15, -0.1) is 11.3 Å². The van der Waals surface area contributed by atoms with Crippen molar-refractivity contribution in [2.75, 3.05) is 0 Å².